The van der Waals surface area contributed by atoms with Gasteiger partial charge in [-0.2, -0.15) is 23.3 Å². The van der Waals surface area contributed by atoms with Crippen molar-refractivity contribution in [3.8, 4) is 11.8 Å². The molecule has 0 atom stereocenters. The fourth-order valence-electron chi connectivity index (χ4n) is 1.47. The molecule has 0 unspecified atom stereocenters. The lowest BCUT2D eigenvalue weighted by atomic mass is 10.2. The first-order valence-corrected chi connectivity index (χ1v) is 5.09. The van der Waals surface area contributed by atoms with Crippen LogP contribution >= 0.6 is 0 Å². The molecule has 0 aliphatic carbocycles. The number of para-hydroxylation sites is 1. The molecule has 0 saturated carbocycles. The topological polar surface area (TPSA) is 39.9 Å². The summed E-state index contributed by atoms with van der Waals surface area (Å²) >= 11 is 0. The van der Waals surface area contributed by atoms with Crippen LogP contribution in [0.1, 0.15) is 11.4 Å². The van der Waals surface area contributed by atoms with Crippen LogP contribution in [0.15, 0.2) is 24.3 Å². The minimum atomic E-state index is -4.47. The third kappa shape index (κ3) is 2.44. The fourth-order valence-corrected chi connectivity index (χ4v) is 1.47. The monoisotopic (exact) mass is 257 g/mol. The van der Waals surface area contributed by atoms with Crippen LogP contribution in [0, 0.1) is 6.92 Å². The summed E-state index contributed by atoms with van der Waals surface area (Å²) < 4.78 is 44.6. The number of aromatic nitrogens is 3. The third-order valence-corrected chi connectivity index (χ3v) is 2.22. The molecule has 0 saturated heterocycles. The standard InChI is InChI=1S/C11H10F3N3O/c1-7-15-10(17(2)16-7)18-9-6-4-3-5-8(9)11(12,13)14/h3-6H,1-2H3. The number of alkyl halides is 3. The number of halogens is 3. The molecule has 1 aromatic heterocycles. The summed E-state index contributed by atoms with van der Waals surface area (Å²) in [4.78, 5) is 3.89. The Morgan fingerprint density at radius 2 is 1.89 bits per heavy atom. The van der Waals surface area contributed by atoms with Crippen molar-refractivity contribution in [3.05, 3.63) is 35.7 Å². The van der Waals surface area contributed by atoms with Crippen LogP contribution < -0.4 is 4.74 Å². The van der Waals surface area contributed by atoms with Crippen LogP contribution in [0.2, 0.25) is 0 Å². The Kier molecular flexibility index (Phi) is 2.98. The van der Waals surface area contributed by atoms with Crippen molar-refractivity contribution >= 4 is 0 Å². The van der Waals surface area contributed by atoms with E-state index < -0.39 is 11.7 Å². The summed E-state index contributed by atoms with van der Waals surface area (Å²) in [6, 6.07) is 4.99. The van der Waals surface area contributed by atoms with Crippen molar-refractivity contribution in [1.29, 1.82) is 0 Å². The van der Waals surface area contributed by atoms with Gasteiger partial charge in [0.05, 0.1) is 5.56 Å². The summed E-state index contributed by atoms with van der Waals surface area (Å²) in [7, 11) is 1.55. The first-order chi connectivity index (χ1) is 8.38. The zero-order chi connectivity index (χ0) is 13.3. The van der Waals surface area contributed by atoms with Gasteiger partial charge in [-0.1, -0.05) is 12.1 Å². The number of ether oxygens (including phenoxy) is 1. The number of nitrogens with zero attached hydrogens (tertiary/aromatic N) is 3. The van der Waals surface area contributed by atoms with Gasteiger partial charge in [0.15, 0.2) is 5.82 Å². The summed E-state index contributed by atoms with van der Waals surface area (Å²) in [5, 5.41) is 3.90. The highest BCUT2D eigenvalue weighted by molar-refractivity contribution is 5.37. The molecule has 7 heteroatoms. The Balaban J connectivity index is 2.38. The molecule has 0 aliphatic rings. The minimum absolute atomic E-state index is 0.0178. The van der Waals surface area contributed by atoms with Crippen molar-refractivity contribution in [2.45, 2.75) is 13.1 Å². The van der Waals surface area contributed by atoms with Gasteiger partial charge in [0.25, 0.3) is 0 Å². The Bertz CT molecular complexity index is 563. The molecule has 1 aromatic carbocycles. The smallest absolute Gasteiger partial charge is 0.419 e. The van der Waals surface area contributed by atoms with Crippen LogP contribution in [0.5, 0.6) is 11.8 Å². The van der Waals surface area contributed by atoms with E-state index in [1.54, 1.807) is 14.0 Å². The van der Waals surface area contributed by atoms with E-state index >= 15 is 0 Å². The third-order valence-electron chi connectivity index (χ3n) is 2.22. The normalized spacial score (nSPS) is 11.6. The molecule has 2 rings (SSSR count). The van der Waals surface area contributed by atoms with Gasteiger partial charge in [-0.25, -0.2) is 4.68 Å². The quantitative estimate of drug-likeness (QED) is 0.830. The van der Waals surface area contributed by atoms with E-state index in [4.69, 9.17) is 4.74 Å². The molecule has 0 bridgehead atoms. The second kappa shape index (κ2) is 4.32. The first-order valence-electron chi connectivity index (χ1n) is 5.09. The van der Waals surface area contributed by atoms with E-state index in [2.05, 4.69) is 10.1 Å². The predicted octanol–water partition coefficient (Wildman–Crippen LogP) is 2.93. The Morgan fingerprint density at radius 3 is 2.44 bits per heavy atom. The molecule has 0 amide bonds. The van der Waals surface area contributed by atoms with E-state index in [0.717, 1.165) is 6.07 Å². The molecular weight excluding hydrogens is 247 g/mol. The molecular formula is C11H10F3N3O. The highest BCUT2D eigenvalue weighted by atomic mass is 19.4. The number of benzene rings is 1. The van der Waals surface area contributed by atoms with Crippen LogP contribution in [0.3, 0.4) is 0 Å². The summed E-state index contributed by atoms with van der Waals surface area (Å²) in [5.74, 6) is 0.137. The molecule has 2 aromatic rings. The largest absolute Gasteiger partial charge is 0.424 e. The second-order valence-electron chi connectivity index (χ2n) is 3.66. The van der Waals surface area contributed by atoms with Crippen molar-refractivity contribution in [2.75, 3.05) is 0 Å². The lowest BCUT2D eigenvalue weighted by Crippen LogP contribution is -2.07. The van der Waals surface area contributed by atoms with Crippen molar-refractivity contribution in [2.24, 2.45) is 7.05 Å². The fraction of sp³-hybridized carbons (Fsp3) is 0.273. The second-order valence-corrected chi connectivity index (χ2v) is 3.66. The predicted molar refractivity (Wildman–Crippen MR) is 57.3 cm³/mol. The minimum Gasteiger partial charge on any atom is -0.424 e. The SMILES string of the molecule is Cc1nc(Oc2ccccc2C(F)(F)F)n(C)n1. The van der Waals surface area contributed by atoms with Crippen LogP contribution in [0.4, 0.5) is 13.2 Å². The van der Waals surface area contributed by atoms with Crippen LogP contribution in [-0.4, -0.2) is 14.8 Å². The van der Waals surface area contributed by atoms with Gasteiger partial charge < -0.3 is 4.74 Å². The molecule has 0 spiro atoms. The van der Waals surface area contributed by atoms with Gasteiger partial charge in [-0.15, -0.1) is 0 Å². The highest BCUT2D eigenvalue weighted by Crippen LogP contribution is 2.37. The lowest BCUT2D eigenvalue weighted by molar-refractivity contribution is -0.138. The molecule has 18 heavy (non-hydrogen) atoms. The van der Waals surface area contributed by atoms with E-state index in [9.17, 15) is 13.2 Å². The van der Waals surface area contributed by atoms with Gasteiger partial charge in [0.1, 0.15) is 5.75 Å². The van der Waals surface area contributed by atoms with Gasteiger partial charge >= 0.3 is 12.2 Å². The van der Waals surface area contributed by atoms with E-state index in [1.165, 1.54) is 22.9 Å². The van der Waals surface area contributed by atoms with Gasteiger partial charge in [0.2, 0.25) is 0 Å². The maximum atomic E-state index is 12.7. The average molecular weight is 257 g/mol. The Morgan fingerprint density at radius 1 is 1.22 bits per heavy atom. The summed E-state index contributed by atoms with van der Waals surface area (Å²) in [6.45, 7) is 1.63. The maximum absolute atomic E-state index is 12.7. The van der Waals surface area contributed by atoms with Crippen LogP contribution in [0.25, 0.3) is 0 Å². The highest BCUT2D eigenvalue weighted by Gasteiger charge is 2.34. The zero-order valence-electron chi connectivity index (χ0n) is 9.69. The number of hydrogen-bond donors (Lipinski definition) is 0. The van der Waals surface area contributed by atoms with Crippen molar-refractivity contribution in [1.82, 2.24) is 14.8 Å². The Hall–Kier alpha value is -2.05. The van der Waals surface area contributed by atoms with Gasteiger partial charge in [-0.05, 0) is 19.1 Å². The van der Waals surface area contributed by atoms with Crippen molar-refractivity contribution in [3.63, 3.8) is 0 Å². The molecule has 0 aliphatic heterocycles. The first kappa shape index (κ1) is 12.4. The van der Waals surface area contributed by atoms with E-state index in [-0.39, 0.29) is 11.8 Å². The van der Waals surface area contributed by atoms with E-state index in [0.29, 0.717) is 5.82 Å². The van der Waals surface area contributed by atoms with E-state index in [1.807, 2.05) is 0 Å². The molecule has 96 valence electrons. The number of aryl methyl sites for hydroxylation is 2. The molecule has 0 N–H and O–H groups in total. The van der Waals surface area contributed by atoms with Gasteiger partial charge in [0, 0.05) is 7.05 Å². The van der Waals surface area contributed by atoms with Gasteiger partial charge in [-0.3, -0.25) is 0 Å². The number of hydrogen-bond acceptors (Lipinski definition) is 3. The maximum Gasteiger partial charge on any atom is 0.419 e. The molecule has 0 fully saturated rings. The Labute approximate surface area is 101 Å². The lowest BCUT2D eigenvalue weighted by Gasteiger charge is -2.12. The molecule has 1 heterocycles. The zero-order valence-corrected chi connectivity index (χ0v) is 9.69. The van der Waals surface area contributed by atoms with Crippen LogP contribution in [-0.2, 0) is 13.2 Å². The van der Waals surface area contributed by atoms with Crippen molar-refractivity contribution < 1.29 is 17.9 Å². The molecule has 0 radical (unpaired) electrons. The molecule has 4 nitrogen and oxygen atoms in total. The summed E-state index contributed by atoms with van der Waals surface area (Å²) in [6.07, 6.45) is -4.47. The average Bonchev–Trinajstić information content (AvgIpc) is 2.57. The summed E-state index contributed by atoms with van der Waals surface area (Å²) in [5.41, 5.74) is -0.842. The number of rotatable bonds is 2.